The normalized spacial score (nSPS) is 10.8. The third-order valence-corrected chi connectivity index (χ3v) is 1.01. The molecule has 0 aliphatic carbocycles. The van der Waals surface area contributed by atoms with E-state index in [1.54, 1.807) is 0 Å². The van der Waals surface area contributed by atoms with Gasteiger partial charge in [-0.2, -0.15) is 0 Å². The van der Waals surface area contributed by atoms with Crippen LogP contribution in [0.15, 0.2) is 12.2 Å². The van der Waals surface area contributed by atoms with Crippen LogP contribution in [-0.2, 0) is 14.3 Å². The average molecular weight is 226 g/mol. The molecule has 0 fully saturated rings. The molecule has 0 aliphatic heterocycles. The van der Waals surface area contributed by atoms with Gasteiger partial charge in [0.25, 0.3) is 0 Å². The molecule has 0 rings (SSSR count). The number of carbonyl (C=O) groups is 2. The fraction of sp³-hybridized carbons (Fsp3) is 0.556. The SMILES string of the molecule is CC(C)(C)COC(=O)/C=C/C(=O)O.[KH]. The van der Waals surface area contributed by atoms with E-state index in [0.717, 1.165) is 12.2 Å². The first-order valence-corrected chi connectivity index (χ1v) is 3.89. The number of carboxylic acid groups (broad SMARTS) is 1. The summed E-state index contributed by atoms with van der Waals surface area (Å²) < 4.78 is 4.77. The molecule has 76 valence electrons. The molecule has 0 unspecified atom stereocenters. The van der Waals surface area contributed by atoms with E-state index in [-0.39, 0.29) is 63.4 Å². The van der Waals surface area contributed by atoms with Gasteiger partial charge in [0.05, 0.1) is 6.61 Å². The second kappa shape index (κ2) is 7.59. The zero-order valence-corrected chi connectivity index (χ0v) is 8.03. The zero-order valence-electron chi connectivity index (χ0n) is 8.03. The van der Waals surface area contributed by atoms with Crippen LogP contribution in [-0.4, -0.2) is 75.0 Å². The van der Waals surface area contributed by atoms with E-state index in [0.29, 0.717) is 0 Å². The van der Waals surface area contributed by atoms with Crippen molar-refractivity contribution >= 4 is 63.3 Å². The Labute approximate surface area is 126 Å². The number of rotatable bonds is 3. The van der Waals surface area contributed by atoms with E-state index in [2.05, 4.69) is 0 Å². The van der Waals surface area contributed by atoms with Gasteiger partial charge < -0.3 is 9.84 Å². The quantitative estimate of drug-likeness (QED) is 0.434. The summed E-state index contributed by atoms with van der Waals surface area (Å²) in [5, 5.41) is 8.20. The Kier molecular flexibility index (Phi) is 9.07. The standard InChI is InChI=1S/C9H14O4.K.H/c1-9(2,3)6-13-8(12)5-4-7(10)11;;/h4-5H,6H2,1-3H3,(H,10,11);;/b5-4+;;. The minimum atomic E-state index is -1.16. The molecule has 0 aromatic carbocycles. The summed E-state index contributed by atoms with van der Waals surface area (Å²) in [5.74, 6) is -1.79. The molecule has 0 saturated heterocycles. The molecule has 0 saturated carbocycles. The van der Waals surface area contributed by atoms with E-state index in [1.165, 1.54) is 0 Å². The van der Waals surface area contributed by atoms with Gasteiger partial charge in [0.15, 0.2) is 0 Å². The monoisotopic (exact) mass is 226 g/mol. The van der Waals surface area contributed by atoms with E-state index in [1.807, 2.05) is 20.8 Å². The topological polar surface area (TPSA) is 63.6 Å². The van der Waals surface area contributed by atoms with Gasteiger partial charge >= 0.3 is 63.3 Å². The van der Waals surface area contributed by atoms with Crippen molar-refractivity contribution in [3.05, 3.63) is 12.2 Å². The summed E-state index contributed by atoms with van der Waals surface area (Å²) in [6.45, 7) is 6.03. The van der Waals surface area contributed by atoms with Crippen LogP contribution >= 0.6 is 0 Å². The van der Waals surface area contributed by atoms with Crippen LogP contribution in [0, 0.1) is 5.41 Å². The fourth-order valence-corrected chi connectivity index (χ4v) is 0.475. The summed E-state index contributed by atoms with van der Waals surface area (Å²) in [5.41, 5.74) is -0.104. The van der Waals surface area contributed by atoms with Crippen molar-refractivity contribution in [2.45, 2.75) is 20.8 Å². The maximum atomic E-state index is 10.8. The second-order valence-electron chi connectivity index (χ2n) is 3.84. The molecule has 14 heavy (non-hydrogen) atoms. The molecule has 0 aromatic heterocycles. The Morgan fingerprint density at radius 3 is 2.14 bits per heavy atom. The summed E-state index contributed by atoms with van der Waals surface area (Å²) in [6, 6.07) is 0. The Balaban J connectivity index is 0. The third kappa shape index (κ3) is 12.3. The maximum absolute atomic E-state index is 10.8. The number of carbonyl (C=O) groups excluding carboxylic acids is 1. The molecule has 0 amide bonds. The van der Waals surface area contributed by atoms with Crippen LogP contribution in [0.4, 0.5) is 0 Å². The predicted molar refractivity (Wildman–Crippen MR) is 54.3 cm³/mol. The van der Waals surface area contributed by atoms with Gasteiger partial charge in [-0.15, -0.1) is 0 Å². The molecule has 0 atom stereocenters. The van der Waals surface area contributed by atoms with Crippen molar-refractivity contribution < 1.29 is 19.4 Å². The van der Waals surface area contributed by atoms with E-state index in [9.17, 15) is 9.59 Å². The van der Waals surface area contributed by atoms with Gasteiger partial charge in [-0.05, 0) is 5.41 Å². The van der Waals surface area contributed by atoms with Gasteiger partial charge in [0.2, 0.25) is 0 Å². The molecule has 0 aliphatic rings. The number of hydrogen-bond acceptors (Lipinski definition) is 3. The van der Waals surface area contributed by atoms with Gasteiger partial charge in [-0.3, -0.25) is 0 Å². The average Bonchev–Trinajstić information content (AvgIpc) is 1.95. The molecular weight excluding hydrogens is 211 g/mol. The Morgan fingerprint density at radius 1 is 1.29 bits per heavy atom. The van der Waals surface area contributed by atoms with Crippen LogP contribution in [0.2, 0.25) is 0 Å². The first-order chi connectivity index (χ1) is 5.81. The molecule has 1 N–H and O–H groups in total. The van der Waals surface area contributed by atoms with Crippen LogP contribution in [0.5, 0.6) is 0 Å². The Hall–Kier alpha value is 0.316. The number of carboxylic acids is 1. The molecule has 0 spiro atoms. The minimum absolute atomic E-state index is 0. The number of aliphatic carboxylic acids is 1. The summed E-state index contributed by atoms with van der Waals surface area (Å²) in [6.07, 6.45) is 1.65. The van der Waals surface area contributed by atoms with Gasteiger partial charge in [-0.1, -0.05) is 20.8 Å². The van der Waals surface area contributed by atoms with Crippen LogP contribution < -0.4 is 0 Å². The first-order valence-electron chi connectivity index (χ1n) is 3.89. The zero-order chi connectivity index (χ0) is 10.5. The van der Waals surface area contributed by atoms with Crippen LogP contribution in [0.25, 0.3) is 0 Å². The third-order valence-electron chi connectivity index (χ3n) is 1.01. The summed E-state index contributed by atoms with van der Waals surface area (Å²) >= 11 is 0. The number of ether oxygens (including phenoxy) is 1. The van der Waals surface area contributed by atoms with Gasteiger partial charge in [0.1, 0.15) is 0 Å². The van der Waals surface area contributed by atoms with Crippen molar-refractivity contribution in [3.63, 3.8) is 0 Å². The van der Waals surface area contributed by atoms with E-state index >= 15 is 0 Å². The first kappa shape index (κ1) is 16.7. The Bertz CT molecular complexity index is 227. The molecule has 0 heterocycles. The van der Waals surface area contributed by atoms with Crippen molar-refractivity contribution in [3.8, 4) is 0 Å². The molecule has 0 radical (unpaired) electrons. The number of esters is 1. The fourth-order valence-electron chi connectivity index (χ4n) is 0.475. The summed E-state index contributed by atoms with van der Waals surface area (Å²) in [7, 11) is 0. The van der Waals surface area contributed by atoms with Crippen LogP contribution in [0.3, 0.4) is 0 Å². The molecule has 0 aromatic rings. The van der Waals surface area contributed by atoms with Crippen molar-refractivity contribution in [2.24, 2.45) is 5.41 Å². The molecular formula is C9H15KO4. The van der Waals surface area contributed by atoms with Gasteiger partial charge in [-0.25, -0.2) is 9.59 Å². The number of hydrogen-bond donors (Lipinski definition) is 1. The van der Waals surface area contributed by atoms with E-state index < -0.39 is 11.9 Å². The van der Waals surface area contributed by atoms with Crippen molar-refractivity contribution in [1.82, 2.24) is 0 Å². The van der Waals surface area contributed by atoms with Gasteiger partial charge in [0, 0.05) is 12.2 Å². The van der Waals surface area contributed by atoms with Crippen molar-refractivity contribution in [1.29, 1.82) is 0 Å². The van der Waals surface area contributed by atoms with E-state index in [4.69, 9.17) is 9.84 Å². The molecule has 0 bridgehead atoms. The molecule has 5 heteroatoms. The molecule has 4 nitrogen and oxygen atoms in total. The Morgan fingerprint density at radius 2 is 1.79 bits per heavy atom. The van der Waals surface area contributed by atoms with Crippen LogP contribution in [0.1, 0.15) is 20.8 Å². The second-order valence-corrected chi connectivity index (χ2v) is 3.84. The van der Waals surface area contributed by atoms with Crippen molar-refractivity contribution in [2.75, 3.05) is 6.61 Å². The predicted octanol–water partition coefficient (Wildman–Crippen LogP) is 0.568. The summed E-state index contributed by atoms with van der Waals surface area (Å²) in [4.78, 5) is 20.8.